The number of nitrogens with zero attached hydrogens (tertiary/aromatic N) is 4. The molecule has 0 aliphatic heterocycles. The molecule has 1 N–H and O–H groups in total. The van der Waals surface area contributed by atoms with Gasteiger partial charge in [0.15, 0.2) is 0 Å². The van der Waals surface area contributed by atoms with Crippen LogP contribution in [0.4, 0.5) is 11.4 Å². The quantitative estimate of drug-likeness (QED) is 0.688. The van der Waals surface area contributed by atoms with Gasteiger partial charge in [-0.15, -0.1) is 0 Å². The van der Waals surface area contributed by atoms with Crippen LogP contribution in [0.5, 0.6) is 0 Å². The van der Waals surface area contributed by atoms with Crippen LogP contribution in [0.3, 0.4) is 0 Å². The summed E-state index contributed by atoms with van der Waals surface area (Å²) in [5, 5.41) is 26.7. The maximum atomic E-state index is 12.3. The lowest BCUT2D eigenvalue weighted by Gasteiger charge is -2.14. The Bertz CT molecular complexity index is 819. The van der Waals surface area contributed by atoms with Crippen LogP contribution >= 0.6 is 0 Å². The van der Waals surface area contributed by atoms with Crippen molar-refractivity contribution in [2.24, 2.45) is 0 Å². The Kier molecular flexibility index (Phi) is 4.41. The van der Waals surface area contributed by atoms with Crippen molar-refractivity contribution >= 4 is 17.3 Å². The number of aromatic nitrogens is 2. The van der Waals surface area contributed by atoms with Crippen LogP contribution < -0.4 is 5.32 Å². The molecule has 8 heteroatoms. The van der Waals surface area contributed by atoms with Gasteiger partial charge in [0.25, 0.3) is 0 Å². The summed E-state index contributed by atoms with van der Waals surface area (Å²) in [6, 6.07) is 7.76. The molecule has 0 bridgehead atoms. The second-order valence-corrected chi connectivity index (χ2v) is 5.08. The molecular formula is C15H15N5O3. The molecule has 0 saturated heterocycles. The number of carbonyl (C=O) groups excluding carboxylic acids is 1. The van der Waals surface area contributed by atoms with Gasteiger partial charge in [0.05, 0.1) is 16.6 Å². The molecule has 0 spiro atoms. The van der Waals surface area contributed by atoms with E-state index in [1.165, 1.54) is 11.6 Å². The first kappa shape index (κ1) is 16.2. The molecule has 118 valence electrons. The molecule has 1 unspecified atom stereocenters. The minimum atomic E-state index is -0.729. The normalized spacial score (nSPS) is 11.6. The zero-order valence-corrected chi connectivity index (χ0v) is 12.9. The van der Waals surface area contributed by atoms with E-state index in [-0.39, 0.29) is 17.3 Å². The third kappa shape index (κ3) is 3.18. The van der Waals surface area contributed by atoms with Crippen molar-refractivity contribution in [2.45, 2.75) is 26.8 Å². The lowest BCUT2D eigenvalue weighted by atomic mass is 10.2. The topological polar surface area (TPSA) is 114 Å². The average molecular weight is 313 g/mol. The third-order valence-corrected chi connectivity index (χ3v) is 3.47. The van der Waals surface area contributed by atoms with Crippen molar-refractivity contribution in [2.75, 3.05) is 5.32 Å². The number of rotatable bonds is 4. The van der Waals surface area contributed by atoms with Crippen LogP contribution in [-0.2, 0) is 4.79 Å². The number of benzene rings is 1. The molecule has 1 aromatic heterocycles. The Morgan fingerprint density at radius 2 is 2.17 bits per heavy atom. The molecule has 0 aliphatic rings. The Balaban J connectivity index is 2.25. The maximum absolute atomic E-state index is 12.3. The van der Waals surface area contributed by atoms with Gasteiger partial charge in [0.2, 0.25) is 5.91 Å². The van der Waals surface area contributed by atoms with Crippen molar-refractivity contribution in [1.82, 2.24) is 9.78 Å². The first-order valence-electron chi connectivity index (χ1n) is 6.86. The number of amides is 1. The van der Waals surface area contributed by atoms with E-state index in [0.717, 1.165) is 0 Å². The smallest absolute Gasteiger partial charge is 0.312 e. The van der Waals surface area contributed by atoms with E-state index in [4.69, 9.17) is 5.26 Å². The third-order valence-electron chi connectivity index (χ3n) is 3.47. The van der Waals surface area contributed by atoms with E-state index >= 15 is 0 Å². The number of hydrogen-bond donors (Lipinski definition) is 1. The van der Waals surface area contributed by atoms with E-state index in [1.54, 1.807) is 38.1 Å². The molecule has 2 rings (SSSR count). The fourth-order valence-electron chi connectivity index (χ4n) is 2.32. The summed E-state index contributed by atoms with van der Waals surface area (Å²) in [7, 11) is 0. The van der Waals surface area contributed by atoms with Gasteiger partial charge < -0.3 is 5.32 Å². The lowest BCUT2D eigenvalue weighted by Crippen LogP contribution is -2.25. The summed E-state index contributed by atoms with van der Waals surface area (Å²) in [5.74, 6) is -0.374. The predicted molar refractivity (Wildman–Crippen MR) is 82.9 cm³/mol. The van der Waals surface area contributed by atoms with Crippen LogP contribution in [0.1, 0.15) is 29.9 Å². The highest BCUT2D eigenvalue weighted by Crippen LogP contribution is 2.25. The minimum Gasteiger partial charge on any atom is -0.324 e. The summed E-state index contributed by atoms with van der Waals surface area (Å²) in [6.07, 6.45) is 0. The summed E-state index contributed by atoms with van der Waals surface area (Å²) >= 11 is 0. The molecule has 0 saturated carbocycles. The number of hydrogen-bond acceptors (Lipinski definition) is 5. The van der Waals surface area contributed by atoms with Crippen molar-refractivity contribution < 1.29 is 9.72 Å². The number of nitro groups is 1. The Morgan fingerprint density at radius 1 is 1.48 bits per heavy atom. The highest BCUT2D eigenvalue weighted by Gasteiger charge is 2.27. The Labute approximate surface area is 132 Å². The number of carbonyl (C=O) groups is 1. The molecular weight excluding hydrogens is 298 g/mol. The first-order chi connectivity index (χ1) is 10.8. The van der Waals surface area contributed by atoms with Crippen LogP contribution in [-0.4, -0.2) is 20.6 Å². The van der Waals surface area contributed by atoms with Gasteiger partial charge in [-0.2, -0.15) is 10.4 Å². The Morgan fingerprint density at radius 3 is 2.74 bits per heavy atom. The Hall–Kier alpha value is -3.21. The van der Waals surface area contributed by atoms with Crippen LogP contribution in [0.2, 0.25) is 0 Å². The van der Waals surface area contributed by atoms with Gasteiger partial charge >= 0.3 is 5.69 Å². The van der Waals surface area contributed by atoms with Crippen molar-refractivity contribution in [3.63, 3.8) is 0 Å². The van der Waals surface area contributed by atoms with Gasteiger partial charge in [-0.3, -0.25) is 19.6 Å². The summed E-state index contributed by atoms with van der Waals surface area (Å²) in [5.41, 5.74) is 1.41. The van der Waals surface area contributed by atoms with Gasteiger partial charge in [0, 0.05) is 5.69 Å². The van der Waals surface area contributed by atoms with E-state index in [1.807, 2.05) is 6.07 Å². The number of aryl methyl sites for hydroxylation is 1. The minimum absolute atomic E-state index is 0.0869. The molecule has 1 heterocycles. The molecule has 0 radical (unpaired) electrons. The van der Waals surface area contributed by atoms with E-state index < -0.39 is 11.0 Å². The van der Waals surface area contributed by atoms with Crippen molar-refractivity contribution in [3.05, 3.63) is 51.3 Å². The zero-order chi connectivity index (χ0) is 17.1. The fourth-order valence-corrected chi connectivity index (χ4v) is 2.32. The monoisotopic (exact) mass is 313 g/mol. The van der Waals surface area contributed by atoms with Gasteiger partial charge in [-0.1, -0.05) is 6.07 Å². The van der Waals surface area contributed by atoms with Gasteiger partial charge in [-0.05, 0) is 39.0 Å². The van der Waals surface area contributed by atoms with Crippen molar-refractivity contribution in [1.29, 1.82) is 5.26 Å². The summed E-state index contributed by atoms with van der Waals surface area (Å²) < 4.78 is 1.33. The molecule has 2 aromatic rings. The standard InChI is InChI=1S/C15H15N5O3/c1-9-14(20(22)23)10(2)19(18-9)11(3)15(21)17-13-6-4-5-12(7-13)8-16/h4-7,11H,1-3H3,(H,17,21). The molecule has 0 fully saturated rings. The number of anilines is 1. The van der Waals surface area contributed by atoms with Crippen molar-refractivity contribution in [3.8, 4) is 6.07 Å². The molecule has 1 amide bonds. The second-order valence-electron chi connectivity index (χ2n) is 5.08. The summed E-state index contributed by atoms with van der Waals surface area (Å²) in [4.78, 5) is 22.9. The molecule has 0 aliphatic carbocycles. The van der Waals surface area contributed by atoms with Crippen LogP contribution in [0.15, 0.2) is 24.3 Å². The molecule has 8 nitrogen and oxygen atoms in total. The number of nitriles is 1. The lowest BCUT2D eigenvalue weighted by molar-refractivity contribution is -0.386. The highest BCUT2D eigenvalue weighted by molar-refractivity contribution is 5.93. The van der Waals surface area contributed by atoms with Crippen LogP contribution in [0.25, 0.3) is 0 Å². The second kappa shape index (κ2) is 6.27. The zero-order valence-electron chi connectivity index (χ0n) is 12.9. The summed E-state index contributed by atoms with van der Waals surface area (Å²) in [6.45, 7) is 4.69. The van der Waals surface area contributed by atoms with Gasteiger partial charge in [-0.25, -0.2) is 0 Å². The predicted octanol–water partition coefficient (Wildman–Crippen LogP) is 2.48. The van der Waals surface area contributed by atoms with Gasteiger partial charge in [0.1, 0.15) is 17.4 Å². The van der Waals surface area contributed by atoms with E-state index in [0.29, 0.717) is 16.9 Å². The van der Waals surface area contributed by atoms with E-state index in [9.17, 15) is 14.9 Å². The maximum Gasteiger partial charge on any atom is 0.312 e. The SMILES string of the molecule is Cc1nn(C(C)C(=O)Nc2cccc(C#N)c2)c(C)c1[N+](=O)[O-]. The van der Waals surface area contributed by atoms with E-state index in [2.05, 4.69) is 10.4 Å². The molecule has 23 heavy (non-hydrogen) atoms. The number of nitrogens with one attached hydrogen (secondary N) is 1. The highest BCUT2D eigenvalue weighted by atomic mass is 16.6. The average Bonchev–Trinajstić information content (AvgIpc) is 2.81. The molecule has 1 atom stereocenters. The largest absolute Gasteiger partial charge is 0.324 e. The molecule has 1 aromatic carbocycles. The fraction of sp³-hybridized carbons (Fsp3) is 0.267. The van der Waals surface area contributed by atoms with Crippen LogP contribution in [0, 0.1) is 35.3 Å². The first-order valence-corrected chi connectivity index (χ1v) is 6.86.